The molecule has 2 atom stereocenters. The number of hydrogen-bond acceptors (Lipinski definition) is 4. The number of rotatable bonds is 3. The first-order valence-corrected chi connectivity index (χ1v) is 9.20. The van der Waals surface area contributed by atoms with Crippen LogP contribution in [0.2, 0.25) is 0 Å². The largest absolute Gasteiger partial charge is 0.354 e. The number of carbonyl (C=O) groups excluding carboxylic acids is 2. The van der Waals surface area contributed by atoms with Gasteiger partial charge in [-0.1, -0.05) is 30.3 Å². The summed E-state index contributed by atoms with van der Waals surface area (Å²) in [5.41, 5.74) is 0.909. The Hall–Kier alpha value is -1.92. The maximum atomic E-state index is 13.4. The summed E-state index contributed by atoms with van der Waals surface area (Å²) in [6, 6.07) is 10.4. The number of benzene rings is 1. The Bertz CT molecular complexity index is 650. The minimum atomic E-state index is -0.376. The molecule has 0 aromatic heterocycles. The van der Waals surface area contributed by atoms with E-state index in [0.717, 1.165) is 39.1 Å². The van der Waals surface area contributed by atoms with Crippen LogP contribution in [-0.2, 0) is 16.1 Å². The van der Waals surface area contributed by atoms with Gasteiger partial charge in [-0.15, -0.1) is 0 Å². The summed E-state index contributed by atoms with van der Waals surface area (Å²) >= 11 is 0. The molecule has 3 fully saturated rings. The van der Waals surface area contributed by atoms with Gasteiger partial charge in [0.05, 0.1) is 12.0 Å². The SMILES string of the molecule is O=C1CN(C(=O)[C@@]23CNC[C@@H]2CN(Cc2ccccc2)C3)CCCN1. The lowest BCUT2D eigenvalue weighted by atomic mass is 9.79. The van der Waals surface area contributed by atoms with E-state index in [4.69, 9.17) is 0 Å². The van der Waals surface area contributed by atoms with Crippen LogP contribution in [0.15, 0.2) is 30.3 Å². The van der Waals surface area contributed by atoms with Crippen LogP contribution < -0.4 is 10.6 Å². The van der Waals surface area contributed by atoms with Crippen LogP contribution in [0, 0.1) is 11.3 Å². The van der Waals surface area contributed by atoms with Gasteiger partial charge in [0, 0.05) is 51.7 Å². The molecule has 3 aliphatic heterocycles. The number of nitrogens with zero attached hydrogens (tertiary/aromatic N) is 2. The average Bonchev–Trinajstić information content (AvgIpc) is 3.07. The Morgan fingerprint density at radius 1 is 1.28 bits per heavy atom. The summed E-state index contributed by atoms with van der Waals surface area (Å²) in [6.07, 6.45) is 0.833. The molecule has 3 saturated heterocycles. The number of hydrogen-bond donors (Lipinski definition) is 2. The molecule has 0 aliphatic carbocycles. The molecule has 0 unspecified atom stereocenters. The molecule has 6 nitrogen and oxygen atoms in total. The van der Waals surface area contributed by atoms with Crippen molar-refractivity contribution in [2.45, 2.75) is 13.0 Å². The average molecular weight is 342 g/mol. The van der Waals surface area contributed by atoms with E-state index in [2.05, 4.69) is 39.8 Å². The van der Waals surface area contributed by atoms with E-state index >= 15 is 0 Å². The molecule has 134 valence electrons. The fraction of sp³-hybridized carbons (Fsp3) is 0.579. The van der Waals surface area contributed by atoms with E-state index in [1.54, 1.807) is 4.90 Å². The Kier molecular flexibility index (Phi) is 4.48. The zero-order chi connectivity index (χ0) is 17.3. The highest BCUT2D eigenvalue weighted by Gasteiger charge is 2.55. The maximum absolute atomic E-state index is 13.4. The van der Waals surface area contributed by atoms with Crippen molar-refractivity contribution in [2.75, 3.05) is 45.8 Å². The van der Waals surface area contributed by atoms with Gasteiger partial charge in [-0.3, -0.25) is 14.5 Å². The highest BCUT2D eigenvalue weighted by atomic mass is 16.2. The summed E-state index contributed by atoms with van der Waals surface area (Å²) in [5.74, 6) is 0.453. The van der Waals surface area contributed by atoms with E-state index in [1.807, 2.05) is 6.07 Å². The zero-order valence-electron chi connectivity index (χ0n) is 14.5. The lowest BCUT2D eigenvalue weighted by Crippen LogP contribution is -2.51. The normalized spacial score (nSPS) is 30.0. The third-order valence-electron chi connectivity index (χ3n) is 5.82. The smallest absolute Gasteiger partial charge is 0.239 e. The minimum absolute atomic E-state index is 0.0381. The third-order valence-corrected chi connectivity index (χ3v) is 5.82. The van der Waals surface area contributed by atoms with Gasteiger partial charge in [-0.05, 0) is 12.0 Å². The first-order valence-electron chi connectivity index (χ1n) is 9.20. The predicted octanol–water partition coefficient (Wildman–Crippen LogP) is 0.0565. The van der Waals surface area contributed by atoms with Crippen molar-refractivity contribution < 1.29 is 9.59 Å². The summed E-state index contributed by atoms with van der Waals surface area (Å²) in [7, 11) is 0. The minimum Gasteiger partial charge on any atom is -0.354 e. The van der Waals surface area contributed by atoms with E-state index in [9.17, 15) is 9.59 Å². The van der Waals surface area contributed by atoms with Crippen LogP contribution in [0.3, 0.4) is 0 Å². The van der Waals surface area contributed by atoms with Crippen molar-refractivity contribution >= 4 is 11.8 Å². The van der Waals surface area contributed by atoms with Crippen LogP contribution in [0.1, 0.15) is 12.0 Å². The topological polar surface area (TPSA) is 64.7 Å². The van der Waals surface area contributed by atoms with Crippen LogP contribution >= 0.6 is 0 Å². The molecule has 2 amide bonds. The molecule has 0 bridgehead atoms. The van der Waals surface area contributed by atoms with Crippen molar-refractivity contribution in [3.05, 3.63) is 35.9 Å². The lowest BCUT2D eigenvalue weighted by Gasteiger charge is -2.33. The Balaban J connectivity index is 1.50. The molecule has 25 heavy (non-hydrogen) atoms. The van der Waals surface area contributed by atoms with Gasteiger partial charge in [0.1, 0.15) is 0 Å². The number of likely N-dealkylation sites (tertiary alicyclic amines) is 1. The van der Waals surface area contributed by atoms with E-state index in [0.29, 0.717) is 19.0 Å². The first-order chi connectivity index (χ1) is 12.2. The molecular formula is C19H26N4O2. The van der Waals surface area contributed by atoms with Crippen LogP contribution in [0.5, 0.6) is 0 Å². The molecule has 0 saturated carbocycles. The Morgan fingerprint density at radius 3 is 2.96 bits per heavy atom. The van der Waals surface area contributed by atoms with Crippen molar-refractivity contribution in [2.24, 2.45) is 11.3 Å². The molecular weight excluding hydrogens is 316 g/mol. The lowest BCUT2D eigenvalue weighted by molar-refractivity contribution is -0.144. The van der Waals surface area contributed by atoms with E-state index < -0.39 is 0 Å². The van der Waals surface area contributed by atoms with Gasteiger partial charge < -0.3 is 15.5 Å². The fourth-order valence-corrected chi connectivity index (χ4v) is 4.58. The molecule has 2 N–H and O–H groups in total. The summed E-state index contributed by atoms with van der Waals surface area (Å²) < 4.78 is 0. The molecule has 0 spiro atoms. The van der Waals surface area contributed by atoms with E-state index in [1.165, 1.54) is 5.56 Å². The van der Waals surface area contributed by atoms with Gasteiger partial charge in [0.15, 0.2) is 0 Å². The molecule has 1 aromatic rings. The highest BCUT2D eigenvalue weighted by molar-refractivity contribution is 5.89. The van der Waals surface area contributed by atoms with E-state index in [-0.39, 0.29) is 23.8 Å². The van der Waals surface area contributed by atoms with Gasteiger partial charge >= 0.3 is 0 Å². The number of carbonyl (C=O) groups is 2. The highest BCUT2D eigenvalue weighted by Crippen LogP contribution is 2.41. The van der Waals surface area contributed by atoms with Crippen LogP contribution in [0.25, 0.3) is 0 Å². The molecule has 6 heteroatoms. The number of nitrogens with one attached hydrogen (secondary N) is 2. The van der Waals surface area contributed by atoms with Crippen molar-refractivity contribution in [3.63, 3.8) is 0 Å². The second-order valence-electron chi connectivity index (χ2n) is 7.57. The number of amides is 2. The van der Waals surface area contributed by atoms with Crippen molar-refractivity contribution in [3.8, 4) is 0 Å². The summed E-state index contributed by atoms with van der Waals surface area (Å²) in [4.78, 5) is 29.4. The summed E-state index contributed by atoms with van der Waals surface area (Å²) in [5, 5.41) is 6.28. The Labute approximate surface area is 148 Å². The molecule has 1 aromatic carbocycles. The van der Waals surface area contributed by atoms with Crippen LogP contribution in [-0.4, -0.2) is 67.4 Å². The zero-order valence-corrected chi connectivity index (χ0v) is 14.5. The van der Waals surface area contributed by atoms with Crippen LogP contribution in [0.4, 0.5) is 0 Å². The second kappa shape index (κ2) is 6.77. The molecule has 3 heterocycles. The monoisotopic (exact) mass is 342 g/mol. The van der Waals surface area contributed by atoms with Gasteiger partial charge in [0.25, 0.3) is 0 Å². The molecule has 0 radical (unpaired) electrons. The van der Waals surface area contributed by atoms with Crippen molar-refractivity contribution in [1.29, 1.82) is 0 Å². The van der Waals surface area contributed by atoms with Gasteiger partial charge in [-0.2, -0.15) is 0 Å². The fourth-order valence-electron chi connectivity index (χ4n) is 4.58. The van der Waals surface area contributed by atoms with Gasteiger partial charge in [-0.25, -0.2) is 0 Å². The van der Waals surface area contributed by atoms with Crippen molar-refractivity contribution in [1.82, 2.24) is 20.4 Å². The quantitative estimate of drug-likeness (QED) is 0.815. The maximum Gasteiger partial charge on any atom is 0.239 e. The molecule has 3 aliphatic rings. The van der Waals surface area contributed by atoms with Gasteiger partial charge in [0.2, 0.25) is 11.8 Å². The second-order valence-corrected chi connectivity index (χ2v) is 7.57. The number of fused-ring (bicyclic) bond motifs is 1. The summed E-state index contributed by atoms with van der Waals surface area (Å²) in [6.45, 7) is 5.74. The standard InChI is InChI=1S/C19H26N4O2/c24-17-12-23(8-4-7-21-17)18(25)19-13-20-9-16(19)11-22(14-19)10-15-5-2-1-3-6-15/h1-3,5-6,16,20H,4,7-14H2,(H,21,24)/t16-,19-/m1/s1. The molecule has 4 rings (SSSR count). The third kappa shape index (κ3) is 3.16. The first kappa shape index (κ1) is 16.5. The predicted molar refractivity (Wildman–Crippen MR) is 94.7 cm³/mol. The Morgan fingerprint density at radius 2 is 2.12 bits per heavy atom.